The van der Waals surface area contributed by atoms with Crippen molar-refractivity contribution in [2.24, 2.45) is 5.92 Å². The van der Waals surface area contributed by atoms with Gasteiger partial charge >= 0.3 is 0 Å². The third-order valence-electron chi connectivity index (χ3n) is 6.06. The lowest BCUT2D eigenvalue weighted by Gasteiger charge is -2.32. The molecule has 0 radical (unpaired) electrons. The number of nitrogens with one attached hydrogen (secondary N) is 1. The summed E-state index contributed by atoms with van der Waals surface area (Å²) in [6.07, 6.45) is 9.84. The number of halogens is 2. The maximum atomic E-state index is 13.9. The summed E-state index contributed by atoms with van der Waals surface area (Å²) in [4.78, 5) is 30.6. The van der Waals surface area contributed by atoms with Gasteiger partial charge in [0.15, 0.2) is 11.6 Å². The van der Waals surface area contributed by atoms with Gasteiger partial charge in [-0.05, 0) is 49.4 Å². The van der Waals surface area contributed by atoms with Crippen LogP contribution in [0.5, 0.6) is 0 Å². The molecule has 0 saturated carbocycles. The fraction of sp³-hybridized carbons (Fsp3) is 0.375. The van der Waals surface area contributed by atoms with Crippen LogP contribution in [0.1, 0.15) is 52.8 Å². The van der Waals surface area contributed by atoms with Gasteiger partial charge in [0.05, 0.1) is 11.1 Å². The topological polar surface area (TPSA) is 66.7 Å². The molecule has 1 fully saturated rings. The van der Waals surface area contributed by atoms with Crippen molar-refractivity contribution in [2.45, 2.75) is 32.1 Å². The second-order valence-electron chi connectivity index (χ2n) is 8.20. The molecule has 1 aliphatic heterocycles. The minimum atomic E-state index is -1.08. The molecule has 168 valence electrons. The largest absolute Gasteiger partial charge is 0.352 e. The van der Waals surface area contributed by atoms with Gasteiger partial charge in [-0.15, -0.1) is 0 Å². The summed E-state index contributed by atoms with van der Waals surface area (Å²) < 4.78 is 29.1. The van der Waals surface area contributed by atoms with Crippen molar-refractivity contribution < 1.29 is 18.4 Å². The first-order valence-corrected chi connectivity index (χ1v) is 11.0. The standard InChI is InChI=1S/C24H26F2N4O2/c25-20-6-3-5-19(22(20)26)24(32)29-13-9-17(10-14-29)4-1-2-11-28-23(31)18-7-8-21-27-12-15-30(21)16-18/h3,5-8,12,15-17H,1-2,4,9-11,13-14H2,(H,28,31). The second kappa shape index (κ2) is 9.89. The van der Waals surface area contributed by atoms with Crippen molar-refractivity contribution in [2.75, 3.05) is 19.6 Å². The number of piperidine rings is 1. The Morgan fingerprint density at radius 2 is 1.91 bits per heavy atom. The van der Waals surface area contributed by atoms with Gasteiger partial charge in [0.2, 0.25) is 0 Å². The van der Waals surface area contributed by atoms with Crippen LogP contribution in [-0.4, -0.2) is 45.7 Å². The highest BCUT2D eigenvalue weighted by atomic mass is 19.2. The van der Waals surface area contributed by atoms with Gasteiger partial charge in [-0.1, -0.05) is 18.9 Å². The zero-order valence-electron chi connectivity index (χ0n) is 17.8. The van der Waals surface area contributed by atoms with Crippen LogP contribution in [0.2, 0.25) is 0 Å². The van der Waals surface area contributed by atoms with Gasteiger partial charge in [0.1, 0.15) is 5.65 Å². The maximum Gasteiger partial charge on any atom is 0.256 e. The number of unbranched alkanes of at least 4 members (excludes halogenated alkanes) is 1. The molecule has 3 aromatic rings. The van der Waals surface area contributed by atoms with E-state index in [2.05, 4.69) is 10.3 Å². The number of rotatable bonds is 7. The highest BCUT2D eigenvalue weighted by Gasteiger charge is 2.26. The van der Waals surface area contributed by atoms with Crippen molar-refractivity contribution in [1.82, 2.24) is 19.6 Å². The van der Waals surface area contributed by atoms with Crippen LogP contribution >= 0.6 is 0 Å². The Morgan fingerprint density at radius 3 is 2.72 bits per heavy atom. The van der Waals surface area contributed by atoms with Gasteiger partial charge < -0.3 is 14.6 Å². The Labute approximate surface area is 185 Å². The Bertz CT molecular complexity index is 1110. The molecule has 0 bridgehead atoms. The normalized spacial score (nSPS) is 14.6. The van der Waals surface area contributed by atoms with E-state index in [1.54, 1.807) is 29.6 Å². The first-order chi connectivity index (χ1) is 15.5. The first kappa shape index (κ1) is 21.9. The summed E-state index contributed by atoms with van der Waals surface area (Å²) in [5.74, 6) is -2.13. The molecule has 0 unspecified atom stereocenters. The van der Waals surface area contributed by atoms with Gasteiger partial charge in [0, 0.05) is 38.2 Å². The summed E-state index contributed by atoms with van der Waals surface area (Å²) >= 11 is 0. The molecular weight excluding hydrogens is 414 g/mol. The number of fused-ring (bicyclic) bond motifs is 1. The number of pyridine rings is 1. The van der Waals surface area contributed by atoms with Crippen LogP contribution in [0.15, 0.2) is 48.9 Å². The highest BCUT2D eigenvalue weighted by molar-refractivity contribution is 5.94. The lowest BCUT2D eigenvalue weighted by molar-refractivity contribution is 0.0680. The molecule has 0 aliphatic carbocycles. The molecular formula is C24H26F2N4O2. The van der Waals surface area contributed by atoms with E-state index in [0.717, 1.165) is 43.8 Å². The molecule has 0 spiro atoms. The zero-order valence-corrected chi connectivity index (χ0v) is 17.8. The smallest absolute Gasteiger partial charge is 0.256 e. The van der Waals surface area contributed by atoms with Crippen molar-refractivity contribution in [3.05, 3.63) is 71.7 Å². The van der Waals surface area contributed by atoms with Crippen LogP contribution in [0.4, 0.5) is 8.78 Å². The second-order valence-corrected chi connectivity index (χ2v) is 8.20. The van der Waals surface area contributed by atoms with Crippen molar-refractivity contribution >= 4 is 17.5 Å². The number of imidazole rings is 1. The summed E-state index contributed by atoms with van der Waals surface area (Å²) in [6.45, 7) is 1.71. The molecule has 1 aliphatic rings. The lowest BCUT2D eigenvalue weighted by Crippen LogP contribution is -2.39. The average Bonchev–Trinajstić information content (AvgIpc) is 3.28. The predicted octanol–water partition coefficient (Wildman–Crippen LogP) is 4.07. The number of hydrogen-bond acceptors (Lipinski definition) is 3. The molecule has 8 heteroatoms. The minimum absolute atomic E-state index is 0.1000. The van der Waals surface area contributed by atoms with Gasteiger partial charge in [-0.3, -0.25) is 9.59 Å². The summed E-state index contributed by atoms with van der Waals surface area (Å²) in [6, 6.07) is 7.28. The maximum absolute atomic E-state index is 13.9. The Kier molecular flexibility index (Phi) is 6.78. The molecule has 0 atom stereocenters. The van der Waals surface area contributed by atoms with Crippen LogP contribution in [0.3, 0.4) is 0 Å². The first-order valence-electron chi connectivity index (χ1n) is 11.0. The van der Waals surface area contributed by atoms with Gasteiger partial charge in [-0.25, -0.2) is 13.8 Å². The van der Waals surface area contributed by atoms with E-state index < -0.39 is 17.5 Å². The number of carbonyl (C=O) groups is 2. The Hall–Kier alpha value is -3.29. The van der Waals surface area contributed by atoms with E-state index in [1.807, 2.05) is 10.5 Å². The van der Waals surface area contributed by atoms with E-state index in [0.29, 0.717) is 31.1 Å². The number of carbonyl (C=O) groups excluding carboxylic acids is 2. The molecule has 4 rings (SSSR count). The van der Waals surface area contributed by atoms with E-state index in [1.165, 1.54) is 12.1 Å². The van der Waals surface area contributed by atoms with Crippen molar-refractivity contribution in [3.8, 4) is 0 Å². The highest BCUT2D eigenvalue weighted by Crippen LogP contribution is 2.24. The Balaban J connectivity index is 1.15. The molecule has 2 aromatic heterocycles. The fourth-order valence-corrected chi connectivity index (χ4v) is 4.18. The number of amides is 2. The molecule has 3 heterocycles. The minimum Gasteiger partial charge on any atom is -0.352 e. The van der Waals surface area contributed by atoms with Gasteiger partial charge in [0.25, 0.3) is 11.8 Å². The fourth-order valence-electron chi connectivity index (χ4n) is 4.18. The summed E-state index contributed by atoms with van der Waals surface area (Å²) in [5, 5.41) is 2.95. The molecule has 1 N–H and O–H groups in total. The van der Waals surface area contributed by atoms with Crippen molar-refractivity contribution in [1.29, 1.82) is 0 Å². The number of hydrogen-bond donors (Lipinski definition) is 1. The molecule has 32 heavy (non-hydrogen) atoms. The van der Waals surface area contributed by atoms with Crippen LogP contribution < -0.4 is 5.32 Å². The third kappa shape index (κ3) is 4.95. The van der Waals surface area contributed by atoms with E-state index in [-0.39, 0.29) is 11.5 Å². The summed E-state index contributed by atoms with van der Waals surface area (Å²) in [7, 11) is 0. The van der Waals surface area contributed by atoms with E-state index in [9.17, 15) is 18.4 Å². The van der Waals surface area contributed by atoms with Crippen LogP contribution in [0.25, 0.3) is 5.65 Å². The quantitative estimate of drug-likeness (QED) is 0.564. The predicted molar refractivity (Wildman–Crippen MR) is 116 cm³/mol. The molecule has 2 amide bonds. The van der Waals surface area contributed by atoms with Crippen molar-refractivity contribution in [3.63, 3.8) is 0 Å². The molecule has 6 nitrogen and oxygen atoms in total. The monoisotopic (exact) mass is 440 g/mol. The van der Waals surface area contributed by atoms with Gasteiger partial charge in [-0.2, -0.15) is 0 Å². The molecule has 1 saturated heterocycles. The van der Waals surface area contributed by atoms with E-state index in [4.69, 9.17) is 0 Å². The molecule has 1 aromatic carbocycles. The third-order valence-corrected chi connectivity index (χ3v) is 6.06. The number of benzene rings is 1. The lowest BCUT2D eigenvalue weighted by atomic mass is 9.91. The summed E-state index contributed by atoms with van der Waals surface area (Å²) in [5.41, 5.74) is 1.20. The number of likely N-dealkylation sites (tertiary alicyclic amines) is 1. The van der Waals surface area contributed by atoms with E-state index >= 15 is 0 Å². The number of nitrogens with zero attached hydrogens (tertiary/aromatic N) is 3. The Morgan fingerprint density at radius 1 is 1.09 bits per heavy atom. The SMILES string of the molecule is O=C(NCCCCC1CCN(C(=O)c2cccc(F)c2F)CC1)c1ccc2nccn2c1. The average molecular weight is 440 g/mol. The van der Waals surface area contributed by atoms with Crippen LogP contribution in [-0.2, 0) is 0 Å². The number of aromatic nitrogens is 2. The van der Waals surface area contributed by atoms with Crippen LogP contribution in [0, 0.1) is 17.6 Å². The zero-order chi connectivity index (χ0) is 22.5.